The summed E-state index contributed by atoms with van der Waals surface area (Å²) >= 11 is 0. The fraction of sp³-hybridized carbons (Fsp3) is 0.778. The summed E-state index contributed by atoms with van der Waals surface area (Å²) in [6.07, 6.45) is 10.3. The molecule has 7 heteroatoms. The van der Waals surface area contributed by atoms with Crippen LogP contribution in [0, 0.1) is 5.92 Å². The molecule has 3 fully saturated rings. The minimum Gasteiger partial charge on any atom is -0.341 e. The third-order valence-corrected chi connectivity index (χ3v) is 6.24. The lowest BCUT2D eigenvalue weighted by Crippen LogP contribution is -2.48. The lowest BCUT2D eigenvalue weighted by Gasteiger charge is -2.33. The third kappa shape index (κ3) is 4.15. The maximum absolute atomic E-state index is 12.8. The smallest absolute Gasteiger partial charge is 0.239 e. The van der Waals surface area contributed by atoms with E-state index in [1.807, 2.05) is 17.9 Å². The first-order valence-corrected chi connectivity index (χ1v) is 9.25. The molecule has 4 rings (SSSR count). The van der Waals surface area contributed by atoms with Crippen LogP contribution in [0.5, 0.6) is 0 Å². The molecule has 3 unspecified atom stereocenters. The molecule has 2 aliphatic heterocycles. The molecule has 3 aliphatic rings. The normalized spacial score (nSPS) is 29.5. The maximum atomic E-state index is 12.8. The topological polar surface area (TPSA) is 50.2 Å². The van der Waals surface area contributed by atoms with Gasteiger partial charge in [-0.3, -0.25) is 9.48 Å². The second-order valence-electron chi connectivity index (χ2n) is 7.59. The van der Waals surface area contributed by atoms with Crippen LogP contribution in [-0.2, 0) is 11.8 Å². The molecule has 2 saturated heterocycles. The molecule has 0 bridgehead atoms. The molecule has 1 saturated carbocycles. The van der Waals surface area contributed by atoms with Crippen molar-refractivity contribution in [1.82, 2.24) is 20.0 Å². The number of nitrogens with one attached hydrogen (secondary N) is 1. The number of fused-ring (bicyclic) bond motifs is 1. The van der Waals surface area contributed by atoms with Crippen molar-refractivity contribution in [3.05, 3.63) is 18.0 Å². The van der Waals surface area contributed by atoms with E-state index in [2.05, 4.69) is 21.4 Å². The number of hydrogen-bond donors (Lipinski definition) is 1. The van der Waals surface area contributed by atoms with E-state index in [-0.39, 0.29) is 30.9 Å². The van der Waals surface area contributed by atoms with Crippen molar-refractivity contribution in [3.63, 3.8) is 0 Å². The zero-order valence-corrected chi connectivity index (χ0v) is 16.5. The average Bonchev–Trinajstić information content (AvgIpc) is 3.20. The predicted octanol–water partition coefficient (Wildman–Crippen LogP) is 2.89. The van der Waals surface area contributed by atoms with Crippen LogP contribution in [0.1, 0.15) is 56.6 Å². The average molecular weight is 389 g/mol. The minimum atomic E-state index is 0. The van der Waals surface area contributed by atoms with Gasteiger partial charge < -0.3 is 10.2 Å². The van der Waals surface area contributed by atoms with E-state index < -0.39 is 0 Å². The Morgan fingerprint density at radius 3 is 2.52 bits per heavy atom. The number of carbonyl (C=O) groups is 1. The van der Waals surface area contributed by atoms with Crippen LogP contribution < -0.4 is 5.32 Å². The van der Waals surface area contributed by atoms with Crippen LogP contribution in [0.15, 0.2) is 12.3 Å². The van der Waals surface area contributed by atoms with E-state index >= 15 is 0 Å². The first-order chi connectivity index (χ1) is 11.2. The predicted molar refractivity (Wildman–Crippen MR) is 104 cm³/mol. The van der Waals surface area contributed by atoms with Crippen LogP contribution in [0.4, 0.5) is 0 Å². The number of piperidine rings is 1. The number of aryl methyl sites for hydroxylation is 1. The fourth-order valence-electron chi connectivity index (χ4n) is 4.91. The number of aromatic nitrogens is 2. The van der Waals surface area contributed by atoms with Gasteiger partial charge in [0.15, 0.2) is 0 Å². The number of amides is 1. The van der Waals surface area contributed by atoms with Gasteiger partial charge in [-0.25, -0.2) is 0 Å². The van der Waals surface area contributed by atoms with E-state index in [9.17, 15) is 4.79 Å². The number of carbonyl (C=O) groups excluding carboxylic acids is 1. The van der Waals surface area contributed by atoms with Gasteiger partial charge in [0.05, 0.1) is 6.04 Å². The SMILES string of the molecule is Cl.Cl.Cn1nccc1C1CCN(C(=O)C2CC3CCCCC3N2)CC1. The Morgan fingerprint density at radius 2 is 1.88 bits per heavy atom. The molecule has 5 nitrogen and oxygen atoms in total. The van der Waals surface area contributed by atoms with Gasteiger partial charge in [0.25, 0.3) is 0 Å². The fourth-order valence-corrected chi connectivity index (χ4v) is 4.91. The molecule has 142 valence electrons. The number of nitrogens with zero attached hydrogens (tertiary/aromatic N) is 3. The maximum Gasteiger partial charge on any atom is 0.239 e. The molecule has 1 amide bonds. The summed E-state index contributed by atoms with van der Waals surface area (Å²) in [6, 6.07) is 2.80. The molecule has 0 spiro atoms. The number of rotatable bonds is 2. The highest BCUT2D eigenvalue weighted by molar-refractivity contribution is 5.85. The van der Waals surface area contributed by atoms with Gasteiger partial charge in [0, 0.05) is 44.0 Å². The van der Waals surface area contributed by atoms with Crippen LogP contribution in [-0.4, -0.2) is 45.8 Å². The minimum absolute atomic E-state index is 0. The summed E-state index contributed by atoms with van der Waals surface area (Å²) in [5.41, 5.74) is 1.31. The van der Waals surface area contributed by atoms with Crippen molar-refractivity contribution in [2.24, 2.45) is 13.0 Å². The highest BCUT2D eigenvalue weighted by Crippen LogP contribution is 2.34. The molecule has 1 aliphatic carbocycles. The second-order valence-corrected chi connectivity index (χ2v) is 7.59. The molecule has 25 heavy (non-hydrogen) atoms. The van der Waals surface area contributed by atoms with Crippen molar-refractivity contribution in [1.29, 1.82) is 0 Å². The zero-order valence-electron chi connectivity index (χ0n) is 14.9. The summed E-state index contributed by atoms with van der Waals surface area (Å²) in [5, 5.41) is 7.91. The van der Waals surface area contributed by atoms with Crippen LogP contribution >= 0.6 is 24.8 Å². The summed E-state index contributed by atoms with van der Waals surface area (Å²) in [5.74, 6) is 1.64. The molecule has 0 aromatic carbocycles. The third-order valence-electron chi connectivity index (χ3n) is 6.24. The number of likely N-dealkylation sites (tertiary alicyclic amines) is 1. The Labute approximate surface area is 162 Å². The van der Waals surface area contributed by atoms with Crippen molar-refractivity contribution < 1.29 is 4.79 Å². The summed E-state index contributed by atoms with van der Waals surface area (Å²) in [4.78, 5) is 14.9. The van der Waals surface area contributed by atoms with E-state index in [0.717, 1.165) is 38.3 Å². The molecule has 3 atom stereocenters. The van der Waals surface area contributed by atoms with Gasteiger partial charge in [0.2, 0.25) is 5.91 Å². The van der Waals surface area contributed by atoms with Gasteiger partial charge >= 0.3 is 0 Å². The zero-order chi connectivity index (χ0) is 15.8. The molecule has 1 N–H and O–H groups in total. The molecule has 1 aromatic rings. The van der Waals surface area contributed by atoms with Crippen LogP contribution in [0.2, 0.25) is 0 Å². The Kier molecular flexibility index (Phi) is 7.18. The van der Waals surface area contributed by atoms with Gasteiger partial charge in [-0.2, -0.15) is 5.10 Å². The molecule has 3 heterocycles. The van der Waals surface area contributed by atoms with Crippen LogP contribution in [0.25, 0.3) is 0 Å². The van der Waals surface area contributed by atoms with Gasteiger partial charge in [0.1, 0.15) is 0 Å². The number of hydrogen-bond acceptors (Lipinski definition) is 3. The highest BCUT2D eigenvalue weighted by Gasteiger charge is 2.40. The van der Waals surface area contributed by atoms with E-state index in [0.29, 0.717) is 17.9 Å². The Bertz CT molecular complexity index is 557. The molecule has 0 radical (unpaired) electrons. The molecular weight excluding hydrogens is 359 g/mol. The standard InChI is InChI=1S/C18H28N4O.2ClH/c1-21-17(6-9-19-21)13-7-10-22(11-8-13)18(23)16-12-14-4-2-3-5-15(14)20-16;;/h6,9,13-16,20H,2-5,7-8,10-12H2,1H3;2*1H. The van der Waals surface area contributed by atoms with E-state index in [1.54, 1.807) is 0 Å². The van der Waals surface area contributed by atoms with Crippen molar-refractivity contribution in [3.8, 4) is 0 Å². The van der Waals surface area contributed by atoms with Crippen molar-refractivity contribution >= 4 is 30.7 Å². The lowest BCUT2D eigenvalue weighted by atomic mass is 9.85. The van der Waals surface area contributed by atoms with E-state index in [4.69, 9.17) is 0 Å². The van der Waals surface area contributed by atoms with Gasteiger partial charge in [-0.1, -0.05) is 12.8 Å². The highest BCUT2D eigenvalue weighted by atomic mass is 35.5. The quantitative estimate of drug-likeness (QED) is 0.846. The Morgan fingerprint density at radius 1 is 1.16 bits per heavy atom. The first kappa shape index (κ1) is 20.5. The first-order valence-electron chi connectivity index (χ1n) is 9.25. The largest absolute Gasteiger partial charge is 0.341 e. The second kappa shape index (κ2) is 8.74. The molecular formula is C18H30Cl2N4O. The van der Waals surface area contributed by atoms with Crippen molar-refractivity contribution in [2.45, 2.75) is 62.9 Å². The monoisotopic (exact) mass is 388 g/mol. The summed E-state index contributed by atoms with van der Waals surface area (Å²) < 4.78 is 1.98. The summed E-state index contributed by atoms with van der Waals surface area (Å²) in [6.45, 7) is 1.78. The summed E-state index contributed by atoms with van der Waals surface area (Å²) in [7, 11) is 2.01. The Balaban J connectivity index is 0.00000113. The van der Waals surface area contributed by atoms with Gasteiger partial charge in [-0.05, 0) is 44.1 Å². The van der Waals surface area contributed by atoms with Gasteiger partial charge in [-0.15, -0.1) is 24.8 Å². The Hall–Kier alpha value is -0.780. The lowest BCUT2D eigenvalue weighted by molar-refractivity contribution is -0.134. The van der Waals surface area contributed by atoms with Crippen molar-refractivity contribution in [2.75, 3.05) is 13.1 Å². The van der Waals surface area contributed by atoms with E-state index in [1.165, 1.54) is 31.4 Å². The number of halogens is 2. The molecule has 1 aromatic heterocycles. The van der Waals surface area contributed by atoms with Crippen LogP contribution in [0.3, 0.4) is 0 Å².